The van der Waals surface area contributed by atoms with Crippen molar-refractivity contribution >= 4 is 17.7 Å². The summed E-state index contributed by atoms with van der Waals surface area (Å²) in [6.45, 7) is 3.27. The van der Waals surface area contributed by atoms with Crippen LogP contribution < -0.4 is 0 Å². The van der Waals surface area contributed by atoms with Gasteiger partial charge in [-0.15, -0.1) is 6.58 Å². The molecule has 0 heterocycles. The third-order valence-electron chi connectivity index (χ3n) is 3.31. The molecule has 124 valence electrons. The Morgan fingerprint density at radius 3 is 1.87 bits per heavy atom. The molecule has 0 aromatic heterocycles. The van der Waals surface area contributed by atoms with Gasteiger partial charge < -0.3 is 10.2 Å². The quantitative estimate of drug-likeness (QED) is 0.455. The molecule has 0 saturated carbocycles. The number of ketones is 1. The first-order valence-corrected chi connectivity index (χ1v) is 6.33. The van der Waals surface area contributed by atoms with Crippen LogP contribution in [0.4, 0.5) is 13.2 Å². The third-order valence-corrected chi connectivity index (χ3v) is 3.31. The van der Waals surface area contributed by atoms with E-state index in [0.29, 0.717) is 12.1 Å². The fourth-order valence-corrected chi connectivity index (χ4v) is 1.96. The van der Waals surface area contributed by atoms with Gasteiger partial charge in [-0.1, -0.05) is 18.2 Å². The lowest BCUT2D eigenvalue weighted by Crippen LogP contribution is -2.41. The van der Waals surface area contributed by atoms with Crippen LogP contribution in [-0.4, -0.2) is 27.9 Å². The van der Waals surface area contributed by atoms with Crippen molar-refractivity contribution in [3.63, 3.8) is 0 Å². The molecule has 0 saturated heterocycles. The number of aliphatic carboxylic acids is 2. The minimum atomic E-state index is -4.57. The molecule has 0 amide bonds. The molecular formula is C15H13F3O5. The maximum atomic E-state index is 12.5. The van der Waals surface area contributed by atoms with Crippen LogP contribution in [-0.2, 0) is 15.8 Å². The normalized spacial score (nSPS) is 11.8. The van der Waals surface area contributed by atoms with Gasteiger partial charge in [0, 0.05) is 12.0 Å². The average Bonchev–Trinajstić information content (AvgIpc) is 2.45. The first-order valence-electron chi connectivity index (χ1n) is 6.33. The van der Waals surface area contributed by atoms with E-state index in [1.54, 1.807) is 0 Å². The van der Waals surface area contributed by atoms with Crippen LogP contribution in [0.2, 0.25) is 0 Å². The number of rotatable bonds is 7. The van der Waals surface area contributed by atoms with Gasteiger partial charge >= 0.3 is 18.1 Å². The SMILES string of the molecule is C=CCC(CC(=O)c1ccc(C(F)(F)F)cc1)(C(=O)O)C(=O)O. The molecule has 1 aromatic carbocycles. The highest BCUT2D eigenvalue weighted by Crippen LogP contribution is 2.32. The van der Waals surface area contributed by atoms with Gasteiger partial charge in [0.15, 0.2) is 11.2 Å². The number of hydrogen-bond acceptors (Lipinski definition) is 3. The summed E-state index contributed by atoms with van der Waals surface area (Å²) in [7, 11) is 0. The second-order valence-corrected chi connectivity index (χ2v) is 4.86. The summed E-state index contributed by atoms with van der Waals surface area (Å²) in [6, 6.07) is 3.11. The lowest BCUT2D eigenvalue weighted by Gasteiger charge is -2.22. The van der Waals surface area contributed by atoms with Crippen LogP contribution in [0.15, 0.2) is 36.9 Å². The minimum absolute atomic E-state index is 0.200. The van der Waals surface area contributed by atoms with E-state index in [0.717, 1.165) is 18.2 Å². The second kappa shape index (κ2) is 6.64. The summed E-state index contributed by atoms with van der Waals surface area (Å²) in [5.41, 5.74) is -3.57. The molecule has 0 fully saturated rings. The van der Waals surface area contributed by atoms with Gasteiger partial charge in [0.25, 0.3) is 0 Å². The highest BCUT2D eigenvalue weighted by atomic mass is 19.4. The number of carboxylic acid groups (broad SMARTS) is 2. The number of alkyl halides is 3. The van der Waals surface area contributed by atoms with Gasteiger partial charge in [0.1, 0.15) is 0 Å². The van der Waals surface area contributed by atoms with Crippen molar-refractivity contribution in [2.24, 2.45) is 5.41 Å². The number of hydrogen-bond donors (Lipinski definition) is 2. The van der Waals surface area contributed by atoms with Gasteiger partial charge in [-0.3, -0.25) is 14.4 Å². The molecule has 1 aromatic rings. The van der Waals surface area contributed by atoms with Crippen LogP contribution in [0, 0.1) is 5.41 Å². The molecule has 1 rings (SSSR count). The highest BCUT2D eigenvalue weighted by molar-refractivity contribution is 6.06. The number of benzene rings is 1. The number of halogens is 3. The van der Waals surface area contributed by atoms with Crippen molar-refractivity contribution < 1.29 is 37.8 Å². The zero-order valence-electron chi connectivity index (χ0n) is 11.8. The molecule has 23 heavy (non-hydrogen) atoms. The Balaban J connectivity index is 3.11. The average molecular weight is 330 g/mol. The molecule has 0 radical (unpaired) electrons. The van der Waals surface area contributed by atoms with Gasteiger partial charge in [0.05, 0.1) is 5.56 Å². The summed E-state index contributed by atoms with van der Waals surface area (Å²) < 4.78 is 37.4. The Hall–Kier alpha value is -2.64. The molecule has 8 heteroatoms. The molecule has 2 N–H and O–H groups in total. The number of Topliss-reactive ketones (excluding diaryl/α,β-unsaturated/α-hetero) is 1. The van der Waals surface area contributed by atoms with Crippen molar-refractivity contribution in [2.45, 2.75) is 19.0 Å². The molecule has 5 nitrogen and oxygen atoms in total. The van der Waals surface area contributed by atoms with Gasteiger partial charge in [-0.2, -0.15) is 13.2 Å². The summed E-state index contributed by atoms with van der Waals surface area (Å²) >= 11 is 0. The zero-order chi connectivity index (χ0) is 17.8. The Bertz CT molecular complexity index is 618. The van der Waals surface area contributed by atoms with E-state index in [1.165, 1.54) is 0 Å². The predicted octanol–water partition coefficient (Wildman–Crippen LogP) is 3.01. The fourth-order valence-electron chi connectivity index (χ4n) is 1.96. The summed E-state index contributed by atoms with van der Waals surface area (Å²) in [4.78, 5) is 34.6. The molecule has 0 aliphatic heterocycles. The molecule has 0 bridgehead atoms. The number of carbonyl (C=O) groups is 3. The Kier molecular flexibility index (Phi) is 5.31. The van der Waals surface area contributed by atoms with Crippen LogP contribution in [0.25, 0.3) is 0 Å². The van der Waals surface area contributed by atoms with Crippen molar-refractivity contribution in [1.29, 1.82) is 0 Å². The Morgan fingerprint density at radius 1 is 1.04 bits per heavy atom. The lowest BCUT2D eigenvalue weighted by molar-refractivity contribution is -0.164. The standard InChI is InChI=1S/C15H13F3O5/c1-2-7-14(12(20)21,13(22)23)8-11(19)9-3-5-10(6-4-9)15(16,17)18/h2-6H,1,7-8H2,(H,20,21)(H,22,23). The smallest absolute Gasteiger partial charge is 0.416 e. The Labute approximate surface area is 129 Å². The third kappa shape index (κ3) is 3.97. The summed E-state index contributed by atoms with van der Waals surface area (Å²) in [5, 5.41) is 18.3. The minimum Gasteiger partial charge on any atom is -0.480 e. The zero-order valence-corrected chi connectivity index (χ0v) is 11.8. The van der Waals surface area contributed by atoms with Crippen LogP contribution in [0.3, 0.4) is 0 Å². The topological polar surface area (TPSA) is 91.7 Å². The van der Waals surface area contributed by atoms with E-state index in [9.17, 15) is 27.6 Å². The first-order chi connectivity index (χ1) is 10.5. The van der Waals surface area contributed by atoms with Gasteiger partial charge in [-0.05, 0) is 18.6 Å². The monoisotopic (exact) mass is 330 g/mol. The molecule has 0 aliphatic rings. The van der Waals surface area contributed by atoms with E-state index in [1.807, 2.05) is 0 Å². The maximum Gasteiger partial charge on any atom is 0.416 e. The summed E-state index contributed by atoms with van der Waals surface area (Å²) in [6.07, 6.45) is -4.91. The van der Waals surface area contributed by atoms with E-state index in [2.05, 4.69) is 6.58 Å². The van der Waals surface area contributed by atoms with Crippen LogP contribution in [0.5, 0.6) is 0 Å². The number of carboxylic acids is 2. The van der Waals surface area contributed by atoms with Crippen molar-refractivity contribution in [1.82, 2.24) is 0 Å². The van der Waals surface area contributed by atoms with Gasteiger partial charge in [-0.25, -0.2) is 0 Å². The molecule has 0 unspecified atom stereocenters. The highest BCUT2D eigenvalue weighted by Gasteiger charge is 2.47. The second-order valence-electron chi connectivity index (χ2n) is 4.86. The Morgan fingerprint density at radius 2 is 1.52 bits per heavy atom. The van der Waals surface area contributed by atoms with E-state index in [4.69, 9.17) is 10.2 Å². The van der Waals surface area contributed by atoms with Crippen molar-refractivity contribution in [3.8, 4) is 0 Å². The fraction of sp³-hybridized carbons (Fsp3) is 0.267. The van der Waals surface area contributed by atoms with E-state index < -0.39 is 47.7 Å². The molecule has 0 aliphatic carbocycles. The number of allylic oxidation sites excluding steroid dienone is 1. The van der Waals surface area contributed by atoms with E-state index >= 15 is 0 Å². The van der Waals surface area contributed by atoms with E-state index in [-0.39, 0.29) is 5.56 Å². The number of carbonyl (C=O) groups excluding carboxylic acids is 1. The van der Waals surface area contributed by atoms with Crippen molar-refractivity contribution in [2.75, 3.05) is 0 Å². The van der Waals surface area contributed by atoms with Crippen LogP contribution >= 0.6 is 0 Å². The molecule has 0 atom stereocenters. The molecule has 0 spiro atoms. The predicted molar refractivity (Wildman–Crippen MR) is 72.9 cm³/mol. The van der Waals surface area contributed by atoms with Gasteiger partial charge in [0.2, 0.25) is 0 Å². The molecular weight excluding hydrogens is 317 g/mol. The van der Waals surface area contributed by atoms with Crippen molar-refractivity contribution in [3.05, 3.63) is 48.0 Å². The first kappa shape index (κ1) is 18.4. The lowest BCUT2D eigenvalue weighted by atomic mass is 9.78. The maximum absolute atomic E-state index is 12.5. The van der Waals surface area contributed by atoms with Crippen LogP contribution in [0.1, 0.15) is 28.8 Å². The largest absolute Gasteiger partial charge is 0.480 e. The summed E-state index contributed by atoms with van der Waals surface area (Å²) in [5.74, 6) is -4.32.